The van der Waals surface area contributed by atoms with Crippen molar-refractivity contribution in [2.24, 2.45) is 5.41 Å². The van der Waals surface area contributed by atoms with E-state index in [4.69, 9.17) is 18.9 Å². The third-order valence-corrected chi connectivity index (χ3v) is 5.33. The minimum Gasteiger partial charge on any atom is -0.488 e. The molecule has 2 aromatic carbocycles. The van der Waals surface area contributed by atoms with Gasteiger partial charge in [-0.3, -0.25) is 9.59 Å². The molecular formula is C33H46O6. The topological polar surface area (TPSA) is 71.1 Å². The van der Waals surface area contributed by atoms with Gasteiger partial charge in [0.05, 0.1) is 5.41 Å². The van der Waals surface area contributed by atoms with Gasteiger partial charge in [-0.15, -0.1) is 0 Å². The van der Waals surface area contributed by atoms with Crippen LogP contribution in [0.1, 0.15) is 105 Å². The number of hydrogen-bond donors (Lipinski definition) is 0. The van der Waals surface area contributed by atoms with E-state index in [1.165, 1.54) is 0 Å². The first-order chi connectivity index (χ1) is 17.7. The van der Waals surface area contributed by atoms with Gasteiger partial charge in [0, 0.05) is 22.8 Å². The van der Waals surface area contributed by atoms with E-state index >= 15 is 0 Å². The maximum Gasteiger partial charge on any atom is 0.314 e. The first kappa shape index (κ1) is 31.9. The molecule has 0 amide bonds. The maximum atomic E-state index is 13.0. The minimum absolute atomic E-state index is 0.158. The molecule has 6 nitrogen and oxygen atoms in total. The molecule has 214 valence electrons. The van der Waals surface area contributed by atoms with Crippen LogP contribution in [0, 0.1) is 5.41 Å². The lowest BCUT2D eigenvalue weighted by atomic mass is 9.85. The highest BCUT2D eigenvalue weighted by atomic mass is 16.7. The average molecular weight is 539 g/mol. The van der Waals surface area contributed by atoms with Crippen molar-refractivity contribution in [1.29, 1.82) is 0 Å². The Morgan fingerprint density at radius 3 is 1.77 bits per heavy atom. The molecule has 0 saturated carbocycles. The molecule has 39 heavy (non-hydrogen) atoms. The number of rotatable bonds is 8. The third kappa shape index (κ3) is 10.4. The molecule has 0 aromatic heterocycles. The molecule has 0 fully saturated rings. The van der Waals surface area contributed by atoms with Crippen LogP contribution in [0.5, 0.6) is 17.2 Å². The summed E-state index contributed by atoms with van der Waals surface area (Å²) in [6.07, 6.45) is 3.33. The summed E-state index contributed by atoms with van der Waals surface area (Å²) in [5.74, 6) is 1.41. The van der Waals surface area contributed by atoms with Gasteiger partial charge in [-0.2, -0.15) is 0 Å². The predicted octanol–water partition coefficient (Wildman–Crippen LogP) is 8.16. The van der Waals surface area contributed by atoms with Gasteiger partial charge in [0.25, 0.3) is 0 Å². The summed E-state index contributed by atoms with van der Waals surface area (Å²) in [5.41, 5.74) is 0.723. The molecule has 6 heteroatoms. The number of ether oxygens (including phenoxy) is 4. The van der Waals surface area contributed by atoms with Crippen molar-refractivity contribution in [2.45, 2.75) is 99.7 Å². The Labute approximate surface area is 234 Å². The van der Waals surface area contributed by atoms with Gasteiger partial charge in [-0.05, 0) is 110 Å². The highest BCUT2D eigenvalue weighted by Gasteiger charge is 2.26. The number of ketones is 1. The summed E-state index contributed by atoms with van der Waals surface area (Å²) in [4.78, 5) is 24.9. The van der Waals surface area contributed by atoms with Crippen molar-refractivity contribution in [3.63, 3.8) is 0 Å². The summed E-state index contributed by atoms with van der Waals surface area (Å²) in [7, 11) is 0. The van der Waals surface area contributed by atoms with Gasteiger partial charge in [-0.1, -0.05) is 20.8 Å². The van der Waals surface area contributed by atoms with Gasteiger partial charge < -0.3 is 18.9 Å². The van der Waals surface area contributed by atoms with E-state index in [0.717, 1.165) is 16.9 Å². The fourth-order valence-electron chi connectivity index (χ4n) is 3.47. The molecular weight excluding hydrogens is 492 g/mol. The van der Waals surface area contributed by atoms with Crippen LogP contribution in [0.3, 0.4) is 0 Å². The number of allylic oxidation sites excluding steroid dienone is 1. The Kier molecular flexibility index (Phi) is 9.70. The predicted molar refractivity (Wildman–Crippen MR) is 157 cm³/mol. The van der Waals surface area contributed by atoms with Crippen molar-refractivity contribution in [1.82, 2.24) is 0 Å². The Bertz CT molecular complexity index is 1180. The van der Waals surface area contributed by atoms with Crippen molar-refractivity contribution < 1.29 is 28.5 Å². The second-order valence-electron chi connectivity index (χ2n) is 13.7. The van der Waals surface area contributed by atoms with Crippen molar-refractivity contribution in [2.75, 3.05) is 6.79 Å². The SMILES string of the molecule is CC(C)(C)Oc1cc(OC(C)(C)C)c(C(C)(C)C)cc1C=CC(=O)c1ccc(OCOC(=O)C(C)(C)C)cc1. The number of benzene rings is 2. The van der Waals surface area contributed by atoms with Crippen LogP contribution in [0.15, 0.2) is 42.5 Å². The fourth-order valence-corrected chi connectivity index (χ4v) is 3.47. The van der Waals surface area contributed by atoms with E-state index < -0.39 is 11.0 Å². The second kappa shape index (κ2) is 11.8. The molecule has 0 bridgehead atoms. The Morgan fingerprint density at radius 2 is 1.28 bits per heavy atom. The van der Waals surface area contributed by atoms with Crippen LogP contribution >= 0.6 is 0 Å². The van der Waals surface area contributed by atoms with E-state index in [-0.39, 0.29) is 29.6 Å². The number of carbonyl (C=O) groups excluding carboxylic acids is 2. The van der Waals surface area contributed by atoms with Crippen LogP contribution in [0.2, 0.25) is 0 Å². The molecule has 0 aliphatic carbocycles. The van der Waals surface area contributed by atoms with Gasteiger partial charge in [0.2, 0.25) is 6.79 Å². The smallest absolute Gasteiger partial charge is 0.314 e. The minimum atomic E-state index is -0.600. The summed E-state index contributed by atoms with van der Waals surface area (Å²) in [6.45, 7) is 23.6. The first-order valence-corrected chi connectivity index (χ1v) is 13.3. The van der Waals surface area contributed by atoms with Crippen molar-refractivity contribution >= 4 is 17.8 Å². The lowest BCUT2D eigenvalue weighted by Crippen LogP contribution is -2.27. The standard InChI is InChI=1S/C33H46O6/c1-30(2,3)25-19-23(27(38-32(7,8)9)20-28(25)39-33(10,11)12)15-18-26(34)22-13-16-24(17-14-22)36-21-37-29(35)31(4,5)6/h13-20H,21H2,1-12H3. The molecule has 0 aliphatic heterocycles. The lowest BCUT2D eigenvalue weighted by Gasteiger charge is -2.30. The van der Waals surface area contributed by atoms with E-state index in [2.05, 4.69) is 20.8 Å². The summed E-state index contributed by atoms with van der Waals surface area (Å²) in [6, 6.07) is 10.7. The normalized spacial score (nSPS) is 12.8. The van der Waals surface area contributed by atoms with Crippen LogP contribution in [-0.4, -0.2) is 29.7 Å². The summed E-state index contributed by atoms with van der Waals surface area (Å²) >= 11 is 0. The highest BCUT2D eigenvalue weighted by molar-refractivity contribution is 6.07. The molecule has 0 unspecified atom stereocenters. The summed E-state index contributed by atoms with van der Waals surface area (Å²) in [5, 5.41) is 0. The zero-order valence-electron chi connectivity index (χ0n) is 25.8. The van der Waals surface area contributed by atoms with E-state index in [9.17, 15) is 9.59 Å². The summed E-state index contributed by atoms with van der Waals surface area (Å²) < 4.78 is 23.2. The maximum absolute atomic E-state index is 13.0. The zero-order chi connectivity index (χ0) is 29.8. The molecule has 0 atom stereocenters. The third-order valence-electron chi connectivity index (χ3n) is 5.33. The number of esters is 1. The Balaban J connectivity index is 2.31. The number of carbonyl (C=O) groups is 2. The Morgan fingerprint density at radius 1 is 0.744 bits per heavy atom. The van der Waals surface area contributed by atoms with Crippen LogP contribution in [0.25, 0.3) is 6.08 Å². The van der Waals surface area contributed by atoms with E-state index in [1.807, 2.05) is 53.7 Å². The highest BCUT2D eigenvalue weighted by Crippen LogP contribution is 2.40. The molecule has 0 N–H and O–H groups in total. The fraction of sp³-hybridized carbons (Fsp3) is 0.515. The molecule has 0 radical (unpaired) electrons. The molecule has 0 spiro atoms. The van der Waals surface area contributed by atoms with Crippen LogP contribution in [0.4, 0.5) is 0 Å². The zero-order valence-corrected chi connectivity index (χ0v) is 25.8. The van der Waals surface area contributed by atoms with Crippen LogP contribution in [-0.2, 0) is 14.9 Å². The van der Waals surface area contributed by atoms with E-state index in [1.54, 1.807) is 57.2 Å². The van der Waals surface area contributed by atoms with E-state index in [0.29, 0.717) is 17.1 Å². The monoisotopic (exact) mass is 538 g/mol. The molecule has 2 rings (SSSR count). The number of hydrogen-bond acceptors (Lipinski definition) is 6. The Hall–Kier alpha value is -3.28. The largest absolute Gasteiger partial charge is 0.488 e. The molecule has 0 saturated heterocycles. The molecule has 0 aliphatic rings. The average Bonchev–Trinajstić information content (AvgIpc) is 2.75. The van der Waals surface area contributed by atoms with Crippen molar-refractivity contribution in [3.8, 4) is 17.2 Å². The first-order valence-electron chi connectivity index (χ1n) is 13.3. The van der Waals surface area contributed by atoms with Gasteiger partial charge in [-0.25, -0.2) is 0 Å². The van der Waals surface area contributed by atoms with Crippen LogP contribution < -0.4 is 14.2 Å². The lowest BCUT2D eigenvalue weighted by molar-refractivity contribution is -0.159. The molecule has 2 aromatic rings. The van der Waals surface area contributed by atoms with Gasteiger partial charge in [0.1, 0.15) is 28.5 Å². The second-order valence-corrected chi connectivity index (χ2v) is 13.7. The van der Waals surface area contributed by atoms with Crippen molar-refractivity contribution in [3.05, 3.63) is 59.2 Å². The quantitative estimate of drug-likeness (QED) is 0.146. The van der Waals surface area contributed by atoms with Gasteiger partial charge >= 0.3 is 5.97 Å². The van der Waals surface area contributed by atoms with Gasteiger partial charge in [0.15, 0.2) is 5.78 Å². The molecule has 0 heterocycles.